The van der Waals surface area contributed by atoms with Crippen molar-refractivity contribution in [2.75, 3.05) is 26.4 Å². The molecule has 19 heavy (non-hydrogen) atoms. The van der Waals surface area contributed by atoms with Crippen LogP contribution in [0.25, 0.3) is 0 Å². The van der Waals surface area contributed by atoms with E-state index in [1.807, 2.05) is 32.0 Å². The molecule has 0 heterocycles. The van der Waals surface area contributed by atoms with E-state index in [2.05, 4.69) is 5.32 Å². The van der Waals surface area contributed by atoms with Gasteiger partial charge in [-0.1, -0.05) is 12.1 Å². The molecule has 0 aliphatic heterocycles. The molecule has 3 N–H and O–H groups in total. The molecule has 0 spiro atoms. The molecule has 0 fully saturated rings. The first-order valence-electron chi connectivity index (χ1n) is 6.44. The summed E-state index contributed by atoms with van der Waals surface area (Å²) >= 11 is 0. The van der Waals surface area contributed by atoms with Crippen LogP contribution in [0.4, 0.5) is 0 Å². The highest BCUT2D eigenvalue weighted by molar-refractivity contribution is 5.77. The van der Waals surface area contributed by atoms with Crippen LogP contribution in [0.15, 0.2) is 18.2 Å². The fourth-order valence-electron chi connectivity index (χ4n) is 1.56. The average molecular weight is 266 g/mol. The van der Waals surface area contributed by atoms with Gasteiger partial charge >= 0.3 is 0 Å². The smallest absolute Gasteiger partial charge is 0.234 e. The lowest BCUT2D eigenvalue weighted by atomic mass is 10.1. The zero-order chi connectivity index (χ0) is 14.1. The van der Waals surface area contributed by atoms with Gasteiger partial charge in [0.05, 0.1) is 13.2 Å². The molecule has 1 aromatic rings. The maximum Gasteiger partial charge on any atom is 0.234 e. The lowest BCUT2D eigenvalue weighted by Gasteiger charge is -2.13. The molecule has 1 amide bonds. The summed E-state index contributed by atoms with van der Waals surface area (Å²) in [5, 5.41) is 2.73. The Morgan fingerprint density at radius 3 is 2.84 bits per heavy atom. The second-order valence-electron chi connectivity index (χ2n) is 4.14. The van der Waals surface area contributed by atoms with Crippen LogP contribution in [-0.2, 0) is 16.1 Å². The zero-order valence-electron chi connectivity index (χ0n) is 11.6. The summed E-state index contributed by atoms with van der Waals surface area (Å²) in [5.74, 6) is 0.595. The maximum absolute atomic E-state index is 11.2. The number of amides is 1. The Bertz CT molecular complexity index is 408. The average Bonchev–Trinajstić information content (AvgIpc) is 2.42. The largest absolute Gasteiger partial charge is 0.491 e. The van der Waals surface area contributed by atoms with Gasteiger partial charge in [0.15, 0.2) is 0 Å². The third-order valence-electron chi connectivity index (χ3n) is 2.57. The summed E-state index contributed by atoms with van der Waals surface area (Å²) in [6, 6.07) is 5.89. The summed E-state index contributed by atoms with van der Waals surface area (Å²) < 4.78 is 10.9. The third-order valence-corrected chi connectivity index (χ3v) is 2.57. The molecule has 1 aromatic carbocycles. The molecule has 106 valence electrons. The molecule has 0 aromatic heterocycles. The zero-order valence-corrected chi connectivity index (χ0v) is 11.6. The van der Waals surface area contributed by atoms with Crippen LogP contribution in [0.3, 0.4) is 0 Å². The molecule has 0 aliphatic rings. The van der Waals surface area contributed by atoms with Crippen molar-refractivity contribution in [2.24, 2.45) is 5.73 Å². The molecule has 5 nitrogen and oxygen atoms in total. The molecule has 1 rings (SSSR count). The van der Waals surface area contributed by atoms with Gasteiger partial charge in [0.25, 0.3) is 0 Å². The number of nitrogens with one attached hydrogen (secondary N) is 1. The molecule has 5 heteroatoms. The molecular formula is C14H22N2O3. The SMILES string of the molecule is CCOCCOc1cc(C)ccc1CNC(=O)CN. The summed E-state index contributed by atoms with van der Waals surface area (Å²) in [6.07, 6.45) is 0. The Balaban J connectivity index is 2.60. The van der Waals surface area contributed by atoms with Crippen molar-refractivity contribution in [1.29, 1.82) is 0 Å². The quantitative estimate of drug-likeness (QED) is 0.688. The topological polar surface area (TPSA) is 73.6 Å². The van der Waals surface area contributed by atoms with E-state index in [1.54, 1.807) is 0 Å². The Morgan fingerprint density at radius 2 is 2.16 bits per heavy atom. The van der Waals surface area contributed by atoms with Gasteiger partial charge in [-0.05, 0) is 25.5 Å². The molecule has 0 saturated heterocycles. The summed E-state index contributed by atoms with van der Waals surface area (Å²) in [7, 11) is 0. The predicted octanol–water partition coefficient (Wildman–Crippen LogP) is 0.985. The van der Waals surface area contributed by atoms with Crippen LogP contribution in [0.5, 0.6) is 5.75 Å². The molecule has 0 aliphatic carbocycles. The Kier molecular flexibility index (Phi) is 6.92. The van der Waals surface area contributed by atoms with Gasteiger partial charge in [0.1, 0.15) is 12.4 Å². The number of hydrogen-bond acceptors (Lipinski definition) is 4. The van der Waals surface area contributed by atoms with Crippen molar-refractivity contribution in [3.05, 3.63) is 29.3 Å². The van der Waals surface area contributed by atoms with Gasteiger partial charge in [0, 0.05) is 18.7 Å². The summed E-state index contributed by atoms with van der Waals surface area (Å²) in [5.41, 5.74) is 7.30. The van der Waals surface area contributed by atoms with Gasteiger partial charge < -0.3 is 20.5 Å². The standard InChI is InChI=1S/C14H22N2O3/c1-3-18-6-7-19-13-8-11(2)4-5-12(13)10-16-14(17)9-15/h4-5,8H,3,6-7,9-10,15H2,1-2H3,(H,16,17). The number of nitrogens with two attached hydrogens (primary N) is 1. The fraction of sp³-hybridized carbons (Fsp3) is 0.500. The molecule has 0 unspecified atom stereocenters. The first kappa shape index (κ1) is 15.5. The van der Waals surface area contributed by atoms with Crippen molar-refractivity contribution < 1.29 is 14.3 Å². The van der Waals surface area contributed by atoms with Crippen molar-refractivity contribution in [3.8, 4) is 5.75 Å². The summed E-state index contributed by atoms with van der Waals surface area (Å²) in [6.45, 7) is 6.08. The van der Waals surface area contributed by atoms with Crippen molar-refractivity contribution in [1.82, 2.24) is 5.32 Å². The van der Waals surface area contributed by atoms with Crippen LogP contribution in [0, 0.1) is 6.92 Å². The second-order valence-corrected chi connectivity index (χ2v) is 4.14. The predicted molar refractivity (Wildman–Crippen MR) is 74.1 cm³/mol. The highest BCUT2D eigenvalue weighted by Gasteiger charge is 2.06. The van der Waals surface area contributed by atoms with Gasteiger partial charge in [-0.25, -0.2) is 0 Å². The Morgan fingerprint density at radius 1 is 1.37 bits per heavy atom. The number of ether oxygens (including phenoxy) is 2. The maximum atomic E-state index is 11.2. The summed E-state index contributed by atoms with van der Waals surface area (Å²) in [4.78, 5) is 11.2. The molecule has 0 radical (unpaired) electrons. The molecule has 0 atom stereocenters. The van der Waals surface area contributed by atoms with Crippen LogP contribution in [0.2, 0.25) is 0 Å². The van der Waals surface area contributed by atoms with Crippen LogP contribution < -0.4 is 15.8 Å². The van der Waals surface area contributed by atoms with Gasteiger partial charge in [0.2, 0.25) is 5.91 Å². The van der Waals surface area contributed by atoms with E-state index < -0.39 is 0 Å². The number of carbonyl (C=O) groups excluding carboxylic acids is 1. The van der Waals surface area contributed by atoms with Crippen LogP contribution in [0.1, 0.15) is 18.1 Å². The minimum Gasteiger partial charge on any atom is -0.491 e. The van der Waals surface area contributed by atoms with E-state index in [4.69, 9.17) is 15.2 Å². The van der Waals surface area contributed by atoms with Crippen LogP contribution >= 0.6 is 0 Å². The van der Waals surface area contributed by atoms with Crippen molar-refractivity contribution in [2.45, 2.75) is 20.4 Å². The molecule has 0 bridgehead atoms. The minimum atomic E-state index is -0.180. The van der Waals surface area contributed by atoms with Gasteiger partial charge in [-0.15, -0.1) is 0 Å². The number of rotatable bonds is 8. The Labute approximate surface area is 114 Å². The molecular weight excluding hydrogens is 244 g/mol. The normalized spacial score (nSPS) is 10.3. The monoisotopic (exact) mass is 266 g/mol. The van der Waals surface area contributed by atoms with E-state index in [9.17, 15) is 4.79 Å². The highest BCUT2D eigenvalue weighted by Crippen LogP contribution is 2.20. The van der Waals surface area contributed by atoms with Crippen LogP contribution in [-0.4, -0.2) is 32.3 Å². The number of benzene rings is 1. The second kappa shape index (κ2) is 8.50. The van der Waals surface area contributed by atoms with Gasteiger partial charge in [-0.3, -0.25) is 4.79 Å². The van der Waals surface area contributed by atoms with E-state index in [0.29, 0.717) is 26.4 Å². The Hall–Kier alpha value is -1.59. The van der Waals surface area contributed by atoms with Gasteiger partial charge in [-0.2, -0.15) is 0 Å². The lowest BCUT2D eigenvalue weighted by Crippen LogP contribution is -2.29. The number of carbonyl (C=O) groups is 1. The number of hydrogen-bond donors (Lipinski definition) is 2. The number of aryl methyl sites for hydroxylation is 1. The first-order chi connectivity index (χ1) is 9.17. The lowest BCUT2D eigenvalue weighted by molar-refractivity contribution is -0.119. The first-order valence-corrected chi connectivity index (χ1v) is 6.44. The van der Waals surface area contributed by atoms with E-state index in [-0.39, 0.29) is 12.5 Å². The molecule has 0 saturated carbocycles. The van der Waals surface area contributed by atoms with Crippen molar-refractivity contribution in [3.63, 3.8) is 0 Å². The fourth-order valence-corrected chi connectivity index (χ4v) is 1.56. The third kappa shape index (κ3) is 5.72. The van der Waals surface area contributed by atoms with Crippen molar-refractivity contribution >= 4 is 5.91 Å². The van der Waals surface area contributed by atoms with E-state index in [1.165, 1.54) is 0 Å². The minimum absolute atomic E-state index is 0.00755. The highest BCUT2D eigenvalue weighted by atomic mass is 16.5. The van der Waals surface area contributed by atoms with E-state index in [0.717, 1.165) is 16.9 Å². The van der Waals surface area contributed by atoms with E-state index >= 15 is 0 Å².